The molecule has 1 heterocycles. The lowest BCUT2D eigenvalue weighted by Crippen LogP contribution is -2.17. The zero-order chi connectivity index (χ0) is 40.4. The van der Waals surface area contributed by atoms with Crippen LogP contribution in [0.25, 0.3) is 45.3 Å². The summed E-state index contributed by atoms with van der Waals surface area (Å²) < 4.78 is 0. The normalized spacial score (nSPS) is 13.4. The van der Waals surface area contributed by atoms with Crippen LogP contribution in [-0.2, 0) is 32.5 Å². The third-order valence-corrected chi connectivity index (χ3v) is 10.6. The van der Waals surface area contributed by atoms with Crippen LogP contribution < -0.4 is 0 Å². The van der Waals surface area contributed by atoms with Gasteiger partial charge in [0.1, 0.15) is 0 Å². The molecule has 1 aromatic heterocycles. The fourth-order valence-electron chi connectivity index (χ4n) is 6.51. The second-order valence-corrected chi connectivity index (χ2v) is 21.8. The Labute approximate surface area is 328 Å². The van der Waals surface area contributed by atoms with Crippen molar-refractivity contribution in [3.8, 4) is 45.3 Å². The molecule has 0 aliphatic rings. The van der Waals surface area contributed by atoms with E-state index in [0.29, 0.717) is 17.5 Å². The number of rotatable bonds is 4. The van der Waals surface area contributed by atoms with Crippen LogP contribution in [0.5, 0.6) is 0 Å². The minimum Gasteiger partial charge on any atom is -0.208 e. The summed E-state index contributed by atoms with van der Waals surface area (Å²) in [5.74, 6) is 2.07. The van der Waals surface area contributed by atoms with E-state index in [-0.39, 0.29) is 32.5 Å². The molecule has 3 heteroatoms. The molecule has 0 aliphatic carbocycles. The summed E-state index contributed by atoms with van der Waals surface area (Å²) in [6, 6.07) is 29.7. The zero-order valence-electron chi connectivity index (χ0n) is 36.8. The molecule has 0 unspecified atom stereocenters. The van der Waals surface area contributed by atoms with Gasteiger partial charge in [0.15, 0.2) is 17.5 Å². The average molecular weight is 722 g/mol. The van der Waals surface area contributed by atoms with Crippen LogP contribution >= 0.6 is 0 Å². The van der Waals surface area contributed by atoms with Crippen molar-refractivity contribution in [1.82, 2.24) is 15.0 Å². The molecular formula is C51H67N3. The number of hydrogen-bond donors (Lipinski definition) is 0. The molecule has 0 aliphatic heterocycles. The molecule has 0 bridgehead atoms. The van der Waals surface area contributed by atoms with E-state index in [2.05, 4.69) is 203 Å². The highest BCUT2D eigenvalue weighted by Crippen LogP contribution is 2.38. The van der Waals surface area contributed by atoms with Crippen molar-refractivity contribution in [2.24, 2.45) is 0 Å². The SMILES string of the molecule is CC(C)(C)c1cc(-c2cccc(-c3nc(-c4cc(C(C)(C)C)cc(C(C)(C)C)c4)nc(-c4cc(C(C)(C)C)cc(C(C)(C)C)c4)n3)c2)cc(C(C)(C)C)c1. The molecule has 0 radical (unpaired) electrons. The Morgan fingerprint density at radius 2 is 0.500 bits per heavy atom. The summed E-state index contributed by atoms with van der Waals surface area (Å²) in [4.78, 5) is 16.0. The first-order valence-electron chi connectivity index (χ1n) is 19.9. The van der Waals surface area contributed by atoms with Gasteiger partial charge in [0.2, 0.25) is 0 Å². The van der Waals surface area contributed by atoms with Crippen LogP contribution in [0.3, 0.4) is 0 Å². The Bertz CT molecular complexity index is 1970. The topological polar surface area (TPSA) is 38.7 Å². The maximum absolute atomic E-state index is 5.33. The lowest BCUT2D eigenvalue weighted by Gasteiger charge is -2.27. The van der Waals surface area contributed by atoms with E-state index >= 15 is 0 Å². The van der Waals surface area contributed by atoms with E-state index in [1.54, 1.807) is 0 Å². The highest BCUT2D eigenvalue weighted by Gasteiger charge is 2.26. The lowest BCUT2D eigenvalue weighted by molar-refractivity contribution is 0.568. The molecule has 0 spiro atoms. The third kappa shape index (κ3) is 9.39. The number of nitrogens with zero attached hydrogens (tertiary/aromatic N) is 3. The van der Waals surface area contributed by atoms with Crippen LogP contribution in [0, 0.1) is 0 Å². The molecule has 0 saturated carbocycles. The van der Waals surface area contributed by atoms with E-state index in [1.165, 1.54) is 38.9 Å². The van der Waals surface area contributed by atoms with E-state index in [9.17, 15) is 0 Å². The molecule has 4 aromatic carbocycles. The highest BCUT2D eigenvalue weighted by atomic mass is 15.0. The Kier molecular flexibility index (Phi) is 10.6. The van der Waals surface area contributed by atoms with Crippen LogP contribution in [0.1, 0.15) is 158 Å². The van der Waals surface area contributed by atoms with Gasteiger partial charge in [0, 0.05) is 16.7 Å². The van der Waals surface area contributed by atoms with Gasteiger partial charge >= 0.3 is 0 Å². The first-order chi connectivity index (χ1) is 24.5. The van der Waals surface area contributed by atoms with Gasteiger partial charge in [0.05, 0.1) is 0 Å². The largest absolute Gasteiger partial charge is 0.208 e. The first-order valence-corrected chi connectivity index (χ1v) is 19.9. The van der Waals surface area contributed by atoms with Crippen molar-refractivity contribution >= 4 is 0 Å². The van der Waals surface area contributed by atoms with Crippen molar-refractivity contribution in [1.29, 1.82) is 0 Å². The molecule has 286 valence electrons. The first kappa shape index (κ1) is 41.1. The number of hydrogen-bond acceptors (Lipinski definition) is 3. The van der Waals surface area contributed by atoms with Crippen LogP contribution in [0.4, 0.5) is 0 Å². The Balaban J connectivity index is 1.83. The van der Waals surface area contributed by atoms with Crippen molar-refractivity contribution in [2.45, 2.75) is 157 Å². The van der Waals surface area contributed by atoms with Gasteiger partial charge < -0.3 is 0 Å². The predicted molar refractivity (Wildman–Crippen MR) is 234 cm³/mol. The van der Waals surface area contributed by atoms with E-state index in [1.807, 2.05) is 0 Å². The summed E-state index contributed by atoms with van der Waals surface area (Å²) in [5, 5.41) is 0. The minimum absolute atomic E-state index is 0.0205. The fourth-order valence-corrected chi connectivity index (χ4v) is 6.51. The molecule has 3 nitrogen and oxygen atoms in total. The number of aromatic nitrogens is 3. The van der Waals surface area contributed by atoms with Gasteiger partial charge in [-0.05, 0) is 107 Å². The molecule has 0 amide bonds. The van der Waals surface area contributed by atoms with Crippen molar-refractivity contribution in [3.05, 3.63) is 112 Å². The maximum atomic E-state index is 5.33. The Hall–Kier alpha value is -4.11. The van der Waals surface area contributed by atoms with Gasteiger partial charge in [-0.1, -0.05) is 173 Å². The van der Waals surface area contributed by atoms with Crippen molar-refractivity contribution in [2.75, 3.05) is 0 Å². The zero-order valence-corrected chi connectivity index (χ0v) is 36.8. The van der Waals surface area contributed by atoms with Crippen LogP contribution in [0.2, 0.25) is 0 Å². The number of benzene rings is 4. The summed E-state index contributed by atoms with van der Waals surface area (Å²) in [6.45, 7) is 41.1. The molecule has 5 aromatic rings. The predicted octanol–water partition coefficient (Wildman–Crippen LogP) is 14.3. The molecule has 0 saturated heterocycles. The smallest absolute Gasteiger partial charge is 0.164 e. The minimum atomic E-state index is -0.0425. The van der Waals surface area contributed by atoms with E-state index < -0.39 is 0 Å². The maximum Gasteiger partial charge on any atom is 0.164 e. The van der Waals surface area contributed by atoms with Gasteiger partial charge in [-0.25, -0.2) is 15.0 Å². The highest BCUT2D eigenvalue weighted by molar-refractivity contribution is 5.74. The summed E-state index contributed by atoms with van der Waals surface area (Å²) >= 11 is 0. The quantitative estimate of drug-likeness (QED) is 0.185. The molecule has 0 N–H and O–H groups in total. The van der Waals surface area contributed by atoms with E-state index in [4.69, 9.17) is 15.0 Å². The Morgan fingerprint density at radius 1 is 0.259 bits per heavy atom. The van der Waals surface area contributed by atoms with Gasteiger partial charge in [0.25, 0.3) is 0 Å². The monoisotopic (exact) mass is 722 g/mol. The van der Waals surface area contributed by atoms with Crippen LogP contribution in [-0.4, -0.2) is 15.0 Å². The molecule has 54 heavy (non-hydrogen) atoms. The summed E-state index contributed by atoms with van der Waals surface area (Å²) in [7, 11) is 0. The van der Waals surface area contributed by atoms with Crippen molar-refractivity contribution < 1.29 is 0 Å². The van der Waals surface area contributed by atoms with Crippen LogP contribution in [0.15, 0.2) is 78.9 Å². The second-order valence-electron chi connectivity index (χ2n) is 21.8. The molecule has 5 rings (SSSR count). The lowest BCUT2D eigenvalue weighted by atomic mass is 9.79. The third-order valence-electron chi connectivity index (χ3n) is 10.6. The fraction of sp³-hybridized carbons (Fsp3) is 0.471. The average Bonchev–Trinajstić information content (AvgIpc) is 3.05. The Morgan fingerprint density at radius 3 is 0.778 bits per heavy atom. The molecule has 0 fully saturated rings. The van der Waals surface area contributed by atoms with Gasteiger partial charge in [-0.2, -0.15) is 0 Å². The summed E-state index contributed by atoms with van der Waals surface area (Å²) in [6.07, 6.45) is 0. The van der Waals surface area contributed by atoms with Gasteiger partial charge in [-0.3, -0.25) is 0 Å². The second kappa shape index (κ2) is 13.9. The van der Waals surface area contributed by atoms with Gasteiger partial charge in [-0.15, -0.1) is 0 Å². The van der Waals surface area contributed by atoms with Crippen molar-refractivity contribution in [3.63, 3.8) is 0 Å². The molecular weight excluding hydrogens is 655 g/mol. The standard InChI is InChI=1S/C51H67N3/c1-46(2,3)37-23-34(24-38(29-37)47(4,5)6)32-20-19-21-33(22-32)43-52-44(35-25-39(48(7,8)9)30-40(26-35)49(10,11)12)54-45(53-43)36-27-41(50(13,14)15)31-42(28-36)51(16,17)18/h19-31H,1-18H3. The van der Waals surface area contributed by atoms with E-state index in [0.717, 1.165) is 22.3 Å². The summed E-state index contributed by atoms with van der Waals surface area (Å²) in [5.41, 5.74) is 13.0. The molecule has 0 atom stereocenters.